The Bertz CT molecular complexity index is 565. The van der Waals surface area contributed by atoms with E-state index in [4.69, 9.17) is 5.73 Å². The summed E-state index contributed by atoms with van der Waals surface area (Å²) in [5, 5.41) is 5.25. The van der Waals surface area contributed by atoms with Crippen LogP contribution in [-0.4, -0.2) is 34.9 Å². The van der Waals surface area contributed by atoms with Crippen LogP contribution in [0.3, 0.4) is 0 Å². The van der Waals surface area contributed by atoms with E-state index in [2.05, 4.69) is 10.6 Å². The van der Waals surface area contributed by atoms with Crippen molar-refractivity contribution in [2.45, 2.75) is 38.5 Å². The van der Waals surface area contributed by atoms with Gasteiger partial charge in [0, 0.05) is 12.2 Å². The van der Waals surface area contributed by atoms with Crippen molar-refractivity contribution in [3.05, 3.63) is 30.1 Å². The number of carbonyl (C=O) groups is 2. The highest BCUT2D eigenvalue weighted by molar-refractivity contribution is 8.01. The van der Waals surface area contributed by atoms with Crippen LogP contribution in [-0.2, 0) is 9.59 Å². The average molecular weight is 355 g/mol. The summed E-state index contributed by atoms with van der Waals surface area (Å²) in [6.07, 6.45) is 0. The first-order chi connectivity index (χ1) is 11.2. The van der Waals surface area contributed by atoms with Gasteiger partial charge in [0.15, 0.2) is 0 Å². The molecule has 5 nitrogen and oxygen atoms in total. The van der Waals surface area contributed by atoms with Gasteiger partial charge in [-0.15, -0.1) is 11.8 Å². The quantitative estimate of drug-likeness (QED) is 0.668. The molecule has 0 aliphatic heterocycles. The highest BCUT2D eigenvalue weighted by Gasteiger charge is 2.30. The van der Waals surface area contributed by atoms with Crippen molar-refractivity contribution in [2.24, 2.45) is 11.7 Å². The second-order valence-corrected chi connectivity index (χ2v) is 7.60. The van der Waals surface area contributed by atoms with Crippen molar-refractivity contribution < 1.29 is 14.0 Å². The van der Waals surface area contributed by atoms with Crippen molar-refractivity contribution in [2.75, 3.05) is 17.6 Å². The lowest BCUT2D eigenvalue weighted by atomic mass is 9.88. The molecular weight excluding hydrogens is 329 g/mol. The van der Waals surface area contributed by atoms with E-state index in [0.29, 0.717) is 12.2 Å². The molecule has 1 aromatic rings. The monoisotopic (exact) mass is 355 g/mol. The minimum Gasteiger partial charge on any atom is -0.348 e. The summed E-state index contributed by atoms with van der Waals surface area (Å²) < 4.78 is 12.8. The molecular formula is C17H26FN3O2S. The third-order valence-corrected chi connectivity index (χ3v) is 5.21. The SMILES string of the molecule is CC(SCC(=O)Nc1ccc(F)cc1)C(=O)NC(C)(CN)C(C)C. The second kappa shape index (κ2) is 9.03. The molecule has 0 radical (unpaired) electrons. The minimum absolute atomic E-state index is 0.132. The van der Waals surface area contributed by atoms with Crippen molar-refractivity contribution in [3.63, 3.8) is 0 Å². The number of hydrogen-bond donors (Lipinski definition) is 3. The van der Waals surface area contributed by atoms with Crippen LogP contribution in [0.2, 0.25) is 0 Å². The van der Waals surface area contributed by atoms with E-state index in [1.165, 1.54) is 36.0 Å². The molecule has 1 aromatic carbocycles. The number of benzene rings is 1. The highest BCUT2D eigenvalue weighted by Crippen LogP contribution is 2.18. The van der Waals surface area contributed by atoms with E-state index in [1.54, 1.807) is 6.92 Å². The lowest BCUT2D eigenvalue weighted by Crippen LogP contribution is -2.56. The molecule has 0 saturated heterocycles. The predicted molar refractivity (Wildman–Crippen MR) is 97.4 cm³/mol. The summed E-state index contributed by atoms with van der Waals surface area (Å²) in [7, 11) is 0. The lowest BCUT2D eigenvalue weighted by Gasteiger charge is -2.34. The van der Waals surface area contributed by atoms with Crippen LogP contribution in [0.4, 0.5) is 10.1 Å². The Morgan fingerprint density at radius 1 is 1.25 bits per heavy atom. The molecule has 2 unspecified atom stereocenters. The zero-order chi connectivity index (χ0) is 18.3. The minimum atomic E-state index is -0.470. The topological polar surface area (TPSA) is 84.2 Å². The Balaban J connectivity index is 2.46. The summed E-state index contributed by atoms with van der Waals surface area (Å²) in [6.45, 7) is 8.01. The molecule has 4 N–H and O–H groups in total. The van der Waals surface area contributed by atoms with Gasteiger partial charge in [0.05, 0.1) is 16.5 Å². The molecule has 0 aliphatic rings. The molecule has 134 valence electrons. The van der Waals surface area contributed by atoms with Crippen molar-refractivity contribution in [1.82, 2.24) is 5.32 Å². The van der Waals surface area contributed by atoms with Crippen LogP contribution in [0.1, 0.15) is 27.7 Å². The molecule has 0 heterocycles. The third-order valence-electron chi connectivity index (χ3n) is 4.07. The first kappa shape index (κ1) is 20.4. The zero-order valence-electron chi connectivity index (χ0n) is 14.6. The number of amides is 2. The fraction of sp³-hybridized carbons (Fsp3) is 0.529. The smallest absolute Gasteiger partial charge is 0.234 e. The number of rotatable bonds is 8. The average Bonchev–Trinajstić information content (AvgIpc) is 2.54. The zero-order valence-corrected chi connectivity index (χ0v) is 15.4. The van der Waals surface area contributed by atoms with Gasteiger partial charge >= 0.3 is 0 Å². The molecule has 0 saturated carbocycles. The maximum atomic E-state index is 12.8. The van der Waals surface area contributed by atoms with Crippen LogP contribution >= 0.6 is 11.8 Å². The fourth-order valence-corrected chi connectivity index (χ4v) is 2.50. The molecule has 7 heteroatoms. The van der Waals surface area contributed by atoms with E-state index in [0.717, 1.165) is 0 Å². The normalized spacial score (nSPS) is 14.8. The first-order valence-corrected chi connectivity index (χ1v) is 8.92. The van der Waals surface area contributed by atoms with Crippen LogP contribution in [0, 0.1) is 11.7 Å². The third kappa shape index (κ3) is 6.13. The van der Waals surface area contributed by atoms with Crippen molar-refractivity contribution in [1.29, 1.82) is 0 Å². The Hall–Kier alpha value is -1.60. The first-order valence-electron chi connectivity index (χ1n) is 7.87. The van der Waals surface area contributed by atoms with E-state index in [1.807, 2.05) is 20.8 Å². The number of carbonyl (C=O) groups excluding carboxylic acids is 2. The molecule has 0 aliphatic carbocycles. The van der Waals surface area contributed by atoms with E-state index in [-0.39, 0.29) is 34.6 Å². The van der Waals surface area contributed by atoms with Gasteiger partial charge in [0.25, 0.3) is 0 Å². The van der Waals surface area contributed by atoms with Gasteiger partial charge in [0.2, 0.25) is 11.8 Å². The summed E-state index contributed by atoms with van der Waals surface area (Å²) in [5.74, 6) is -0.411. The number of anilines is 1. The number of nitrogens with one attached hydrogen (secondary N) is 2. The number of hydrogen-bond acceptors (Lipinski definition) is 4. The number of halogens is 1. The van der Waals surface area contributed by atoms with Crippen molar-refractivity contribution in [3.8, 4) is 0 Å². The van der Waals surface area contributed by atoms with Gasteiger partial charge in [-0.25, -0.2) is 4.39 Å². The number of thioether (sulfide) groups is 1. The second-order valence-electron chi connectivity index (χ2n) is 6.27. The molecule has 0 spiro atoms. The fourth-order valence-electron chi connectivity index (χ4n) is 1.82. The van der Waals surface area contributed by atoms with Gasteiger partial charge in [-0.1, -0.05) is 13.8 Å². The maximum Gasteiger partial charge on any atom is 0.234 e. The summed E-state index contributed by atoms with van der Waals surface area (Å²) in [6, 6.07) is 5.53. The van der Waals surface area contributed by atoms with Crippen LogP contribution in [0.15, 0.2) is 24.3 Å². The van der Waals surface area contributed by atoms with Crippen LogP contribution < -0.4 is 16.4 Å². The van der Waals surface area contributed by atoms with Gasteiger partial charge in [0.1, 0.15) is 5.82 Å². The molecule has 24 heavy (non-hydrogen) atoms. The van der Waals surface area contributed by atoms with Crippen LogP contribution in [0.25, 0.3) is 0 Å². The van der Waals surface area contributed by atoms with Crippen LogP contribution in [0.5, 0.6) is 0 Å². The molecule has 2 atom stereocenters. The Morgan fingerprint density at radius 2 is 1.83 bits per heavy atom. The molecule has 0 bridgehead atoms. The standard InChI is InChI=1S/C17H26FN3O2S/c1-11(2)17(4,10-19)21-16(23)12(3)24-9-15(22)20-14-7-5-13(18)6-8-14/h5-8,11-12H,9-10,19H2,1-4H3,(H,20,22)(H,21,23). The number of nitrogens with two attached hydrogens (primary N) is 1. The summed E-state index contributed by atoms with van der Waals surface area (Å²) >= 11 is 1.24. The van der Waals surface area contributed by atoms with Gasteiger partial charge < -0.3 is 16.4 Å². The van der Waals surface area contributed by atoms with Gasteiger partial charge in [-0.05, 0) is 44.0 Å². The van der Waals surface area contributed by atoms with E-state index in [9.17, 15) is 14.0 Å². The highest BCUT2D eigenvalue weighted by atomic mass is 32.2. The van der Waals surface area contributed by atoms with Crippen molar-refractivity contribution >= 4 is 29.3 Å². The molecule has 1 rings (SSSR count). The molecule has 0 fully saturated rings. The Labute approximate surface area is 146 Å². The Kier molecular flexibility index (Phi) is 7.69. The Morgan fingerprint density at radius 3 is 2.33 bits per heavy atom. The van der Waals surface area contributed by atoms with E-state index >= 15 is 0 Å². The molecule has 2 amide bonds. The van der Waals surface area contributed by atoms with Gasteiger partial charge in [-0.2, -0.15) is 0 Å². The molecule has 0 aromatic heterocycles. The van der Waals surface area contributed by atoms with Gasteiger partial charge in [-0.3, -0.25) is 9.59 Å². The lowest BCUT2D eigenvalue weighted by molar-refractivity contribution is -0.122. The summed E-state index contributed by atoms with van der Waals surface area (Å²) in [4.78, 5) is 24.2. The van der Waals surface area contributed by atoms with E-state index < -0.39 is 5.54 Å². The predicted octanol–water partition coefficient (Wildman–Crippen LogP) is 2.38. The summed E-state index contributed by atoms with van der Waals surface area (Å²) in [5.41, 5.74) is 5.82. The largest absolute Gasteiger partial charge is 0.348 e. The maximum absolute atomic E-state index is 12.8.